The number of carbonyl (C=O) groups excluding carboxylic acids is 1. The van der Waals surface area contributed by atoms with Crippen molar-refractivity contribution in [1.29, 1.82) is 0 Å². The van der Waals surface area contributed by atoms with Crippen molar-refractivity contribution in [2.24, 2.45) is 0 Å². The summed E-state index contributed by atoms with van der Waals surface area (Å²) in [5.41, 5.74) is 0.780. The first-order valence-electron chi connectivity index (χ1n) is 6.57. The van der Waals surface area contributed by atoms with Crippen LogP contribution in [0.15, 0.2) is 30.3 Å². The number of benzene rings is 2. The molecule has 0 fully saturated rings. The normalized spacial score (nSPS) is 10.4. The predicted octanol–water partition coefficient (Wildman–Crippen LogP) is 3.28. The largest absolute Gasteiger partial charge is 0.495 e. The smallest absolute Gasteiger partial charge is 0.325 e. The van der Waals surface area contributed by atoms with Gasteiger partial charge in [-0.15, -0.1) is 0 Å². The molecule has 6 heteroatoms. The number of halogens is 1. The minimum Gasteiger partial charge on any atom is -0.495 e. The Kier molecular flexibility index (Phi) is 5.21. The van der Waals surface area contributed by atoms with E-state index in [2.05, 4.69) is 4.74 Å². The summed E-state index contributed by atoms with van der Waals surface area (Å²) in [7, 11) is 4.67. The fourth-order valence-corrected chi connectivity index (χ4v) is 2.76. The predicted molar refractivity (Wildman–Crippen MR) is 91.9 cm³/mol. The maximum atomic E-state index is 11.4. The van der Waals surface area contributed by atoms with Crippen LogP contribution in [0.3, 0.4) is 0 Å². The maximum Gasteiger partial charge on any atom is 0.325 e. The van der Waals surface area contributed by atoms with Crippen molar-refractivity contribution in [1.82, 2.24) is 4.90 Å². The van der Waals surface area contributed by atoms with Crippen LogP contribution in [0.5, 0.6) is 5.75 Å². The number of thiocarbonyl (C=S) groups is 1. The molecule has 0 aliphatic heterocycles. The van der Waals surface area contributed by atoms with Crippen molar-refractivity contribution in [2.45, 2.75) is 0 Å². The van der Waals surface area contributed by atoms with Gasteiger partial charge in [-0.2, -0.15) is 0 Å². The quantitative estimate of drug-likeness (QED) is 0.632. The van der Waals surface area contributed by atoms with E-state index >= 15 is 0 Å². The number of esters is 1. The number of hydrogen-bond acceptors (Lipinski definition) is 4. The van der Waals surface area contributed by atoms with Gasteiger partial charge in [-0.1, -0.05) is 48.1 Å². The molecule has 0 N–H and O–H groups in total. The third-order valence-corrected chi connectivity index (χ3v) is 4.14. The second kappa shape index (κ2) is 6.94. The van der Waals surface area contributed by atoms with Crippen molar-refractivity contribution in [3.8, 4) is 5.75 Å². The Balaban J connectivity index is 2.52. The summed E-state index contributed by atoms with van der Waals surface area (Å²) in [4.78, 5) is 13.6. The molecule has 0 heterocycles. The van der Waals surface area contributed by atoms with E-state index in [0.29, 0.717) is 15.8 Å². The summed E-state index contributed by atoms with van der Waals surface area (Å²) in [5.74, 6) is 0.258. The van der Waals surface area contributed by atoms with Gasteiger partial charge in [-0.05, 0) is 11.5 Å². The number of rotatable bonds is 4. The third-order valence-electron chi connectivity index (χ3n) is 3.33. The first-order chi connectivity index (χ1) is 10.5. The van der Waals surface area contributed by atoms with Crippen LogP contribution in [0, 0.1) is 0 Å². The van der Waals surface area contributed by atoms with Crippen LogP contribution in [0.4, 0.5) is 0 Å². The Bertz CT molecular complexity index is 733. The van der Waals surface area contributed by atoms with E-state index in [4.69, 9.17) is 28.6 Å². The highest BCUT2D eigenvalue weighted by Gasteiger charge is 2.18. The zero-order valence-electron chi connectivity index (χ0n) is 12.6. The molecule has 0 aliphatic carbocycles. The molecule has 2 aromatic carbocycles. The molecular weight excluding hydrogens is 322 g/mol. The Morgan fingerprint density at radius 3 is 2.50 bits per heavy atom. The molecule has 0 unspecified atom stereocenters. The van der Waals surface area contributed by atoms with Crippen molar-refractivity contribution in [3.05, 3.63) is 40.9 Å². The monoisotopic (exact) mass is 337 g/mol. The summed E-state index contributed by atoms with van der Waals surface area (Å²) in [6, 6.07) is 9.46. The third kappa shape index (κ3) is 3.15. The average Bonchev–Trinajstić information content (AvgIpc) is 2.53. The first-order valence-corrected chi connectivity index (χ1v) is 7.35. The number of nitrogens with zero attached hydrogens (tertiary/aromatic N) is 1. The molecule has 116 valence electrons. The van der Waals surface area contributed by atoms with E-state index in [1.807, 2.05) is 24.3 Å². The minimum absolute atomic E-state index is 0.0767. The van der Waals surface area contributed by atoms with Crippen LogP contribution in [-0.4, -0.2) is 43.7 Å². The Hall–Kier alpha value is -1.85. The number of methoxy groups -OCH3 is 2. The van der Waals surface area contributed by atoms with Gasteiger partial charge < -0.3 is 14.4 Å². The molecule has 0 bridgehead atoms. The molecule has 22 heavy (non-hydrogen) atoms. The zero-order chi connectivity index (χ0) is 16.3. The van der Waals surface area contributed by atoms with Crippen molar-refractivity contribution < 1.29 is 14.3 Å². The molecule has 2 rings (SSSR count). The summed E-state index contributed by atoms with van der Waals surface area (Å²) in [6.45, 7) is 0.0767. The van der Waals surface area contributed by atoms with Gasteiger partial charge in [0.05, 0.1) is 19.2 Å². The van der Waals surface area contributed by atoms with E-state index in [9.17, 15) is 4.79 Å². The van der Waals surface area contributed by atoms with Gasteiger partial charge in [0.15, 0.2) is 0 Å². The lowest BCUT2D eigenvalue weighted by atomic mass is 10.0. The zero-order valence-corrected chi connectivity index (χ0v) is 14.1. The van der Waals surface area contributed by atoms with Gasteiger partial charge in [0, 0.05) is 18.0 Å². The van der Waals surface area contributed by atoms with E-state index in [0.717, 1.165) is 16.3 Å². The Labute approximate surface area is 139 Å². The summed E-state index contributed by atoms with van der Waals surface area (Å²) < 4.78 is 10.0. The Morgan fingerprint density at radius 2 is 1.91 bits per heavy atom. The lowest BCUT2D eigenvalue weighted by Gasteiger charge is -2.21. The number of ether oxygens (including phenoxy) is 2. The highest BCUT2D eigenvalue weighted by molar-refractivity contribution is 7.80. The van der Waals surface area contributed by atoms with Crippen LogP contribution in [0.1, 0.15) is 5.56 Å². The van der Waals surface area contributed by atoms with Gasteiger partial charge in [0.25, 0.3) is 0 Å². The fraction of sp³-hybridized carbons (Fsp3) is 0.250. The second-order valence-electron chi connectivity index (χ2n) is 4.72. The molecule has 0 atom stereocenters. The van der Waals surface area contributed by atoms with E-state index in [1.54, 1.807) is 25.1 Å². The maximum absolute atomic E-state index is 11.4. The molecule has 0 saturated heterocycles. The van der Waals surface area contributed by atoms with Crippen molar-refractivity contribution >= 4 is 45.5 Å². The van der Waals surface area contributed by atoms with E-state index in [1.165, 1.54) is 7.11 Å². The first kappa shape index (κ1) is 16.5. The number of likely N-dealkylation sites (N-methyl/N-ethyl adjacent to an activating group) is 1. The molecular formula is C16H16ClNO3S. The molecule has 0 aromatic heterocycles. The summed E-state index contributed by atoms with van der Waals surface area (Å²) in [5, 5.41) is 2.27. The minimum atomic E-state index is -0.353. The van der Waals surface area contributed by atoms with Crippen LogP contribution < -0.4 is 4.74 Å². The Morgan fingerprint density at radius 1 is 1.27 bits per heavy atom. The number of hydrogen-bond donors (Lipinski definition) is 0. The van der Waals surface area contributed by atoms with Crippen LogP contribution in [0.25, 0.3) is 10.8 Å². The van der Waals surface area contributed by atoms with Crippen molar-refractivity contribution in [3.63, 3.8) is 0 Å². The van der Waals surface area contributed by atoms with E-state index < -0.39 is 0 Å². The van der Waals surface area contributed by atoms with Gasteiger partial charge in [-0.25, -0.2) is 0 Å². The highest BCUT2D eigenvalue weighted by atomic mass is 35.5. The molecule has 0 amide bonds. The molecule has 0 radical (unpaired) electrons. The highest BCUT2D eigenvalue weighted by Crippen LogP contribution is 2.36. The molecule has 0 spiro atoms. The standard InChI is InChI=1S/C16H16ClNO3S/c1-18(9-14(19)20-2)16(22)12-8-13(17)15(21-3)11-7-5-4-6-10(11)12/h4-8H,9H2,1-3H3. The van der Waals surface area contributed by atoms with Crippen LogP contribution >= 0.6 is 23.8 Å². The summed E-state index contributed by atoms with van der Waals surface area (Å²) in [6.07, 6.45) is 0. The SMILES string of the molecule is COC(=O)CN(C)C(=S)c1cc(Cl)c(OC)c2ccccc12. The molecule has 0 aliphatic rings. The van der Waals surface area contributed by atoms with Gasteiger partial charge >= 0.3 is 5.97 Å². The van der Waals surface area contributed by atoms with Gasteiger partial charge in [-0.3, -0.25) is 4.79 Å². The molecule has 4 nitrogen and oxygen atoms in total. The van der Waals surface area contributed by atoms with Crippen molar-refractivity contribution in [2.75, 3.05) is 27.8 Å². The second-order valence-corrected chi connectivity index (χ2v) is 5.52. The molecule has 2 aromatic rings. The van der Waals surface area contributed by atoms with E-state index in [-0.39, 0.29) is 12.5 Å². The summed E-state index contributed by atoms with van der Waals surface area (Å²) >= 11 is 11.8. The lowest BCUT2D eigenvalue weighted by Crippen LogP contribution is -2.32. The van der Waals surface area contributed by atoms with Gasteiger partial charge in [0.2, 0.25) is 0 Å². The number of carbonyl (C=O) groups is 1. The van der Waals surface area contributed by atoms with Crippen LogP contribution in [0.2, 0.25) is 5.02 Å². The average molecular weight is 338 g/mol. The topological polar surface area (TPSA) is 38.8 Å². The fourth-order valence-electron chi connectivity index (χ4n) is 2.23. The van der Waals surface area contributed by atoms with Crippen LogP contribution in [-0.2, 0) is 9.53 Å². The number of fused-ring (bicyclic) bond motifs is 1. The molecule has 0 saturated carbocycles. The lowest BCUT2D eigenvalue weighted by molar-refractivity contribution is -0.140. The van der Waals surface area contributed by atoms with Gasteiger partial charge in [0.1, 0.15) is 17.3 Å².